The summed E-state index contributed by atoms with van der Waals surface area (Å²) in [6, 6.07) is 1.86. The fraction of sp³-hybridized carbons (Fsp3) is 1.00. The molecule has 3 aliphatic heterocycles. The Morgan fingerprint density at radius 1 is 0.500 bits per heavy atom. The molecule has 0 saturated carbocycles. The molecular formula is C18H36N2+2. The average Bonchev–Trinajstić information content (AvgIpc) is 2.74. The third-order valence-corrected chi connectivity index (χ3v) is 7.30. The van der Waals surface area contributed by atoms with E-state index in [2.05, 4.69) is 13.8 Å². The van der Waals surface area contributed by atoms with Crippen LogP contribution in [0.3, 0.4) is 0 Å². The molecule has 0 amide bonds. The van der Waals surface area contributed by atoms with E-state index in [0.29, 0.717) is 0 Å². The molecule has 2 heteroatoms. The maximum atomic E-state index is 2.55. The second-order valence-electron chi connectivity index (χ2n) is 8.18. The van der Waals surface area contributed by atoms with E-state index in [4.69, 9.17) is 0 Å². The van der Waals surface area contributed by atoms with Gasteiger partial charge in [0.2, 0.25) is 0 Å². The van der Waals surface area contributed by atoms with Gasteiger partial charge in [-0.25, -0.2) is 0 Å². The van der Waals surface area contributed by atoms with Crippen LogP contribution in [0.2, 0.25) is 0 Å². The SMILES string of the molecule is C[C@@H]1CCCCC[N+]12CC[N+]1(CCCCC[C@H]1C)CC2. The Morgan fingerprint density at radius 3 is 1.30 bits per heavy atom. The molecule has 2 atom stereocenters. The highest BCUT2D eigenvalue weighted by Crippen LogP contribution is 2.33. The molecular weight excluding hydrogens is 244 g/mol. The second kappa shape index (κ2) is 5.96. The van der Waals surface area contributed by atoms with Crippen molar-refractivity contribution >= 4 is 0 Å². The summed E-state index contributed by atoms with van der Waals surface area (Å²) in [4.78, 5) is 0. The van der Waals surface area contributed by atoms with Crippen LogP contribution >= 0.6 is 0 Å². The molecule has 0 bridgehead atoms. The zero-order valence-corrected chi connectivity index (χ0v) is 13.9. The molecule has 116 valence electrons. The molecule has 0 unspecified atom stereocenters. The van der Waals surface area contributed by atoms with Gasteiger partial charge in [-0.2, -0.15) is 0 Å². The normalized spacial score (nSPS) is 47.1. The van der Waals surface area contributed by atoms with Gasteiger partial charge in [0.1, 0.15) is 26.2 Å². The minimum Gasteiger partial charge on any atom is -0.312 e. The quantitative estimate of drug-likeness (QED) is 0.595. The van der Waals surface area contributed by atoms with Gasteiger partial charge >= 0.3 is 0 Å². The van der Waals surface area contributed by atoms with Crippen LogP contribution in [0, 0.1) is 0 Å². The molecule has 2 spiro atoms. The number of piperazine rings is 1. The van der Waals surface area contributed by atoms with Gasteiger partial charge in [0.05, 0.1) is 25.2 Å². The summed E-state index contributed by atoms with van der Waals surface area (Å²) in [7, 11) is 0. The maximum absolute atomic E-state index is 2.55. The Bertz CT molecular complexity index is 285. The highest BCUT2D eigenvalue weighted by atomic mass is 15.5. The molecule has 20 heavy (non-hydrogen) atoms. The van der Waals surface area contributed by atoms with Crippen LogP contribution in [0.5, 0.6) is 0 Å². The van der Waals surface area contributed by atoms with Crippen LogP contribution in [0.25, 0.3) is 0 Å². The molecule has 0 aromatic carbocycles. The van der Waals surface area contributed by atoms with Gasteiger partial charge in [-0.15, -0.1) is 0 Å². The first-order chi connectivity index (χ1) is 9.67. The minimum absolute atomic E-state index is 0.931. The lowest BCUT2D eigenvalue weighted by Crippen LogP contribution is -2.71. The number of hydrogen-bond acceptors (Lipinski definition) is 0. The standard InChI is InChI=1S/C18H36N2/c1-17-9-5-3-7-11-19(17)13-15-20(16-14-19)12-8-4-6-10-18(20)2/h17-18H,3-16H2,1-2H3/q+2/t17-,18-,19?,20?/m1/s1. The lowest BCUT2D eigenvalue weighted by Gasteiger charge is -2.53. The summed E-state index contributed by atoms with van der Waals surface area (Å²) >= 11 is 0. The minimum atomic E-state index is 0.931. The first kappa shape index (κ1) is 14.8. The highest BCUT2D eigenvalue weighted by molar-refractivity contribution is 4.69. The smallest absolute Gasteiger partial charge is 0.129 e. The van der Waals surface area contributed by atoms with E-state index in [1.54, 1.807) is 0 Å². The molecule has 3 rings (SSSR count). The molecule has 3 saturated heterocycles. The van der Waals surface area contributed by atoms with Crippen molar-refractivity contribution in [3.8, 4) is 0 Å². The van der Waals surface area contributed by atoms with Crippen molar-refractivity contribution in [2.45, 2.75) is 77.3 Å². The van der Waals surface area contributed by atoms with Crippen LogP contribution in [0.15, 0.2) is 0 Å². The van der Waals surface area contributed by atoms with Crippen LogP contribution in [0.4, 0.5) is 0 Å². The summed E-state index contributed by atoms with van der Waals surface area (Å²) in [6.07, 6.45) is 11.9. The van der Waals surface area contributed by atoms with E-state index in [9.17, 15) is 0 Å². The molecule has 0 aromatic rings. The lowest BCUT2D eigenvalue weighted by atomic mass is 10.0. The second-order valence-corrected chi connectivity index (χ2v) is 8.18. The summed E-state index contributed by atoms with van der Waals surface area (Å²) in [6.45, 7) is 14.0. The third kappa shape index (κ3) is 2.66. The zero-order valence-electron chi connectivity index (χ0n) is 13.9. The van der Waals surface area contributed by atoms with E-state index >= 15 is 0 Å². The van der Waals surface area contributed by atoms with Gasteiger partial charge in [0, 0.05) is 0 Å². The molecule has 0 radical (unpaired) electrons. The predicted molar refractivity (Wildman–Crippen MR) is 85.6 cm³/mol. The zero-order chi connectivity index (χ0) is 14.1. The molecule has 3 heterocycles. The van der Waals surface area contributed by atoms with Crippen LogP contribution in [-0.4, -0.2) is 60.3 Å². The summed E-state index contributed by atoms with van der Waals surface area (Å²) < 4.78 is 2.96. The van der Waals surface area contributed by atoms with Gasteiger partial charge in [0.25, 0.3) is 0 Å². The molecule has 3 aliphatic rings. The van der Waals surface area contributed by atoms with Gasteiger partial charge in [-0.1, -0.05) is 0 Å². The van der Waals surface area contributed by atoms with E-state index in [1.165, 1.54) is 99.6 Å². The van der Waals surface area contributed by atoms with Gasteiger partial charge in [-0.3, -0.25) is 0 Å². The largest absolute Gasteiger partial charge is 0.312 e. The van der Waals surface area contributed by atoms with Crippen molar-refractivity contribution in [2.75, 3.05) is 39.3 Å². The van der Waals surface area contributed by atoms with Crippen LogP contribution < -0.4 is 0 Å². The Kier molecular flexibility index (Phi) is 4.42. The van der Waals surface area contributed by atoms with Crippen molar-refractivity contribution in [3.05, 3.63) is 0 Å². The van der Waals surface area contributed by atoms with E-state index < -0.39 is 0 Å². The number of quaternary nitrogens is 2. The van der Waals surface area contributed by atoms with Crippen molar-refractivity contribution < 1.29 is 8.97 Å². The Hall–Kier alpha value is -0.0800. The first-order valence-corrected chi connectivity index (χ1v) is 9.38. The molecule has 2 nitrogen and oxygen atoms in total. The van der Waals surface area contributed by atoms with E-state index in [-0.39, 0.29) is 0 Å². The van der Waals surface area contributed by atoms with Crippen molar-refractivity contribution in [1.29, 1.82) is 0 Å². The predicted octanol–water partition coefficient (Wildman–Crippen LogP) is 3.56. The number of hydrogen-bond donors (Lipinski definition) is 0. The molecule has 0 aliphatic carbocycles. The monoisotopic (exact) mass is 280 g/mol. The summed E-state index contributed by atoms with van der Waals surface area (Å²) in [5, 5.41) is 0. The number of nitrogens with zero attached hydrogens (tertiary/aromatic N) is 2. The fourth-order valence-electron chi connectivity index (χ4n) is 5.42. The van der Waals surface area contributed by atoms with Crippen molar-refractivity contribution in [2.24, 2.45) is 0 Å². The number of rotatable bonds is 0. The first-order valence-electron chi connectivity index (χ1n) is 9.38. The topological polar surface area (TPSA) is 0 Å². The van der Waals surface area contributed by atoms with Crippen LogP contribution in [0.1, 0.15) is 65.2 Å². The van der Waals surface area contributed by atoms with Crippen molar-refractivity contribution in [1.82, 2.24) is 0 Å². The Labute approximate surface area is 126 Å². The Morgan fingerprint density at radius 2 is 0.900 bits per heavy atom. The van der Waals surface area contributed by atoms with E-state index in [1.807, 2.05) is 0 Å². The maximum Gasteiger partial charge on any atom is 0.129 e. The summed E-state index contributed by atoms with van der Waals surface area (Å²) in [5.41, 5.74) is 0. The highest BCUT2D eigenvalue weighted by Gasteiger charge is 2.47. The van der Waals surface area contributed by atoms with Gasteiger partial charge in [0.15, 0.2) is 0 Å². The third-order valence-electron chi connectivity index (χ3n) is 7.30. The Balaban J connectivity index is 1.71. The van der Waals surface area contributed by atoms with E-state index in [0.717, 1.165) is 12.1 Å². The van der Waals surface area contributed by atoms with Crippen LogP contribution in [-0.2, 0) is 0 Å². The lowest BCUT2D eigenvalue weighted by molar-refractivity contribution is -1.05. The summed E-state index contributed by atoms with van der Waals surface area (Å²) in [5.74, 6) is 0. The average molecular weight is 280 g/mol. The van der Waals surface area contributed by atoms with Crippen molar-refractivity contribution in [3.63, 3.8) is 0 Å². The fourth-order valence-corrected chi connectivity index (χ4v) is 5.42. The molecule has 0 N–H and O–H groups in total. The molecule has 3 fully saturated rings. The molecule has 0 aromatic heterocycles. The van der Waals surface area contributed by atoms with Gasteiger partial charge < -0.3 is 8.97 Å². The van der Waals surface area contributed by atoms with Gasteiger partial charge in [-0.05, 0) is 65.2 Å².